The average molecular weight is 399 g/mol. The Labute approximate surface area is 163 Å². The summed E-state index contributed by atoms with van der Waals surface area (Å²) in [6, 6.07) is 12.9. The van der Waals surface area contributed by atoms with Gasteiger partial charge in [0.15, 0.2) is 0 Å². The number of hydrogen-bond acceptors (Lipinski definition) is 5. The van der Waals surface area contributed by atoms with Crippen molar-refractivity contribution < 1.29 is 13.2 Å². The Bertz CT molecular complexity index is 1030. The second-order valence-electron chi connectivity index (χ2n) is 6.61. The Kier molecular flexibility index (Phi) is 5.86. The van der Waals surface area contributed by atoms with Gasteiger partial charge in [-0.15, -0.1) is 0 Å². The predicted molar refractivity (Wildman–Crippen MR) is 106 cm³/mol. The van der Waals surface area contributed by atoms with Crippen LogP contribution in [0.3, 0.4) is 0 Å². The highest BCUT2D eigenvalue weighted by molar-refractivity contribution is 7.89. The van der Waals surface area contributed by atoms with Gasteiger partial charge in [-0.05, 0) is 54.4 Å². The van der Waals surface area contributed by atoms with Crippen LogP contribution in [0.25, 0.3) is 5.69 Å². The summed E-state index contributed by atoms with van der Waals surface area (Å²) in [5.41, 5.74) is 1.80. The molecular weight excluding hydrogens is 378 g/mol. The summed E-state index contributed by atoms with van der Waals surface area (Å²) in [6.07, 6.45) is 3.02. The fourth-order valence-electron chi connectivity index (χ4n) is 2.39. The fourth-order valence-corrected chi connectivity index (χ4v) is 3.60. The van der Waals surface area contributed by atoms with Crippen molar-refractivity contribution in [1.82, 2.24) is 19.5 Å². The standard InChI is InChI=1S/C19H21N5O3S/c1-14(2)11-22-28(26,27)18-9-3-15(4-10-18)19(25)23-16-5-7-17(8-6-16)24-13-20-12-21-24/h3-10,12-14,22H,11H2,1-2H3,(H,23,25). The van der Waals surface area contributed by atoms with Crippen LogP contribution in [0, 0.1) is 5.92 Å². The molecule has 1 heterocycles. The van der Waals surface area contributed by atoms with Gasteiger partial charge in [0.2, 0.25) is 10.0 Å². The molecule has 0 saturated heterocycles. The minimum Gasteiger partial charge on any atom is -0.322 e. The van der Waals surface area contributed by atoms with Crippen molar-refractivity contribution >= 4 is 21.6 Å². The number of rotatable bonds is 7. The molecule has 0 radical (unpaired) electrons. The van der Waals surface area contributed by atoms with Gasteiger partial charge in [-0.25, -0.2) is 22.8 Å². The van der Waals surface area contributed by atoms with E-state index in [0.29, 0.717) is 17.8 Å². The van der Waals surface area contributed by atoms with E-state index in [-0.39, 0.29) is 16.7 Å². The molecule has 28 heavy (non-hydrogen) atoms. The van der Waals surface area contributed by atoms with Crippen LogP contribution in [-0.4, -0.2) is 35.6 Å². The molecule has 0 aliphatic carbocycles. The van der Waals surface area contributed by atoms with Crippen molar-refractivity contribution in [3.05, 3.63) is 66.7 Å². The summed E-state index contributed by atoms with van der Waals surface area (Å²) in [5.74, 6) is -0.122. The zero-order valence-electron chi connectivity index (χ0n) is 15.5. The topological polar surface area (TPSA) is 106 Å². The Balaban J connectivity index is 1.66. The van der Waals surface area contributed by atoms with Gasteiger partial charge in [-0.3, -0.25) is 4.79 Å². The maximum absolute atomic E-state index is 12.4. The minimum atomic E-state index is -3.58. The van der Waals surface area contributed by atoms with Crippen molar-refractivity contribution in [2.45, 2.75) is 18.7 Å². The molecule has 0 unspecified atom stereocenters. The first-order valence-electron chi connectivity index (χ1n) is 8.71. The van der Waals surface area contributed by atoms with Gasteiger partial charge in [0.1, 0.15) is 12.7 Å². The minimum absolute atomic E-state index is 0.127. The number of hydrogen-bond donors (Lipinski definition) is 2. The molecule has 1 aromatic heterocycles. The van der Waals surface area contributed by atoms with E-state index < -0.39 is 10.0 Å². The SMILES string of the molecule is CC(C)CNS(=O)(=O)c1ccc(C(=O)Nc2ccc(-n3cncn3)cc2)cc1. The molecule has 3 aromatic rings. The van der Waals surface area contributed by atoms with Crippen LogP contribution in [-0.2, 0) is 10.0 Å². The molecule has 0 aliphatic rings. The first-order chi connectivity index (χ1) is 13.3. The highest BCUT2D eigenvalue weighted by Crippen LogP contribution is 2.15. The summed E-state index contributed by atoms with van der Waals surface area (Å²) in [7, 11) is -3.58. The Hall–Kier alpha value is -3.04. The Morgan fingerprint density at radius 1 is 1.07 bits per heavy atom. The maximum atomic E-state index is 12.4. The summed E-state index contributed by atoms with van der Waals surface area (Å²) in [5, 5.41) is 6.82. The third kappa shape index (κ3) is 4.81. The molecule has 0 fully saturated rings. The van der Waals surface area contributed by atoms with Crippen molar-refractivity contribution in [2.75, 3.05) is 11.9 Å². The van der Waals surface area contributed by atoms with Crippen LogP contribution < -0.4 is 10.0 Å². The molecule has 0 saturated carbocycles. The molecule has 2 N–H and O–H groups in total. The van der Waals surface area contributed by atoms with Crippen molar-refractivity contribution in [3.63, 3.8) is 0 Å². The molecule has 9 heteroatoms. The molecule has 0 bridgehead atoms. The molecule has 8 nitrogen and oxygen atoms in total. The second kappa shape index (κ2) is 8.32. The zero-order chi connectivity index (χ0) is 20.1. The number of anilines is 1. The quantitative estimate of drug-likeness (QED) is 0.635. The number of carbonyl (C=O) groups is 1. The van der Waals surface area contributed by atoms with Crippen LogP contribution in [0.5, 0.6) is 0 Å². The van der Waals surface area contributed by atoms with E-state index in [0.717, 1.165) is 5.69 Å². The van der Waals surface area contributed by atoms with Crippen molar-refractivity contribution in [1.29, 1.82) is 0 Å². The number of amides is 1. The monoisotopic (exact) mass is 399 g/mol. The number of nitrogens with one attached hydrogen (secondary N) is 2. The summed E-state index contributed by atoms with van der Waals surface area (Å²) in [6.45, 7) is 4.21. The lowest BCUT2D eigenvalue weighted by Crippen LogP contribution is -2.27. The van der Waals surface area contributed by atoms with E-state index in [4.69, 9.17) is 0 Å². The molecule has 0 atom stereocenters. The average Bonchev–Trinajstić information content (AvgIpc) is 3.22. The van der Waals surface area contributed by atoms with Crippen LogP contribution in [0.4, 0.5) is 5.69 Å². The van der Waals surface area contributed by atoms with Crippen LogP contribution >= 0.6 is 0 Å². The first kappa shape index (κ1) is 19.7. The Morgan fingerprint density at radius 2 is 1.75 bits per heavy atom. The molecule has 146 valence electrons. The van der Waals surface area contributed by atoms with Gasteiger partial charge in [0.25, 0.3) is 5.91 Å². The third-order valence-corrected chi connectivity index (χ3v) is 5.36. The second-order valence-corrected chi connectivity index (χ2v) is 8.38. The van der Waals surface area contributed by atoms with Gasteiger partial charge < -0.3 is 5.32 Å². The van der Waals surface area contributed by atoms with Gasteiger partial charge in [-0.1, -0.05) is 13.8 Å². The number of carbonyl (C=O) groups excluding carboxylic acids is 1. The lowest BCUT2D eigenvalue weighted by molar-refractivity contribution is 0.102. The highest BCUT2D eigenvalue weighted by Gasteiger charge is 2.15. The number of benzene rings is 2. The smallest absolute Gasteiger partial charge is 0.255 e. The van der Waals surface area contributed by atoms with Crippen LogP contribution in [0.15, 0.2) is 66.1 Å². The normalized spacial score (nSPS) is 11.5. The van der Waals surface area contributed by atoms with E-state index in [2.05, 4.69) is 20.1 Å². The number of aromatic nitrogens is 3. The molecule has 1 amide bonds. The largest absolute Gasteiger partial charge is 0.322 e. The lowest BCUT2D eigenvalue weighted by Gasteiger charge is -2.10. The third-order valence-electron chi connectivity index (χ3n) is 3.92. The molecule has 3 rings (SSSR count). The van der Waals surface area contributed by atoms with Crippen LogP contribution in [0.2, 0.25) is 0 Å². The summed E-state index contributed by atoms with van der Waals surface area (Å²) < 4.78 is 28.6. The lowest BCUT2D eigenvalue weighted by atomic mass is 10.2. The van der Waals surface area contributed by atoms with E-state index in [1.54, 1.807) is 35.3 Å². The molecular formula is C19H21N5O3S. The van der Waals surface area contributed by atoms with Gasteiger partial charge in [0, 0.05) is 17.8 Å². The van der Waals surface area contributed by atoms with Gasteiger partial charge in [-0.2, -0.15) is 5.10 Å². The van der Waals surface area contributed by atoms with E-state index in [1.807, 2.05) is 13.8 Å². The molecule has 0 spiro atoms. The summed E-state index contributed by atoms with van der Waals surface area (Å²) in [4.78, 5) is 16.4. The van der Waals surface area contributed by atoms with Gasteiger partial charge in [0.05, 0.1) is 10.6 Å². The Morgan fingerprint density at radius 3 is 2.32 bits per heavy atom. The summed E-state index contributed by atoms with van der Waals surface area (Å²) >= 11 is 0. The highest BCUT2D eigenvalue weighted by atomic mass is 32.2. The number of sulfonamides is 1. The molecule has 2 aromatic carbocycles. The van der Waals surface area contributed by atoms with Crippen molar-refractivity contribution in [2.24, 2.45) is 5.92 Å². The van der Waals surface area contributed by atoms with E-state index >= 15 is 0 Å². The van der Waals surface area contributed by atoms with E-state index in [9.17, 15) is 13.2 Å². The van der Waals surface area contributed by atoms with Gasteiger partial charge >= 0.3 is 0 Å². The molecule has 0 aliphatic heterocycles. The fraction of sp³-hybridized carbons (Fsp3) is 0.211. The zero-order valence-corrected chi connectivity index (χ0v) is 16.3. The van der Waals surface area contributed by atoms with Crippen molar-refractivity contribution in [3.8, 4) is 5.69 Å². The van der Waals surface area contributed by atoms with Crippen LogP contribution in [0.1, 0.15) is 24.2 Å². The maximum Gasteiger partial charge on any atom is 0.255 e. The first-order valence-corrected chi connectivity index (χ1v) is 10.2. The number of nitrogens with zero attached hydrogens (tertiary/aromatic N) is 3. The predicted octanol–water partition coefficient (Wildman–Crippen LogP) is 2.45. The van der Waals surface area contributed by atoms with E-state index in [1.165, 1.54) is 30.6 Å².